The minimum atomic E-state index is -4.46. The number of rotatable bonds is 8. The van der Waals surface area contributed by atoms with Crippen LogP contribution in [0.25, 0.3) is 22.8 Å². The van der Waals surface area contributed by atoms with Gasteiger partial charge in [-0.3, -0.25) is 9.59 Å². The molecule has 0 radical (unpaired) electrons. The summed E-state index contributed by atoms with van der Waals surface area (Å²) >= 11 is 0. The number of carbonyl (C=O) groups excluding carboxylic acids is 1. The van der Waals surface area contributed by atoms with Crippen molar-refractivity contribution in [3.63, 3.8) is 0 Å². The highest BCUT2D eigenvalue weighted by atomic mass is 19.4. The third-order valence-corrected chi connectivity index (χ3v) is 7.42. The Morgan fingerprint density at radius 1 is 1.00 bits per heavy atom. The molecule has 5 rings (SSSR count). The maximum Gasteiger partial charge on any atom is 0.416 e. The van der Waals surface area contributed by atoms with Crippen LogP contribution < -0.4 is 4.90 Å². The molecule has 1 atom stereocenters. The number of hydrogen-bond donors (Lipinski definition) is 1. The SMILES string of the molecule is Cc1ccc(-c2nc(-c3ccc(CC(CC(=O)N4CCN(c5cccc(C(F)(F)F)c5)CC4)C(=O)O)cc3F)no2)cc1. The van der Waals surface area contributed by atoms with E-state index >= 15 is 4.39 Å². The van der Waals surface area contributed by atoms with Crippen molar-refractivity contribution in [1.29, 1.82) is 0 Å². The van der Waals surface area contributed by atoms with Gasteiger partial charge in [0.25, 0.3) is 5.89 Å². The lowest BCUT2D eigenvalue weighted by Gasteiger charge is -2.36. The second-order valence-electron chi connectivity index (χ2n) is 10.5. The van der Waals surface area contributed by atoms with Crippen LogP contribution in [0.1, 0.15) is 23.1 Å². The fraction of sp³-hybridized carbons (Fsp3) is 0.290. The monoisotopic (exact) mass is 596 g/mol. The third kappa shape index (κ3) is 7.02. The molecule has 12 heteroatoms. The van der Waals surface area contributed by atoms with Crippen LogP contribution in [0.4, 0.5) is 23.2 Å². The molecule has 1 unspecified atom stereocenters. The van der Waals surface area contributed by atoms with E-state index in [9.17, 15) is 27.9 Å². The third-order valence-electron chi connectivity index (χ3n) is 7.42. The molecule has 1 N–H and O–H groups in total. The number of aliphatic carboxylic acids is 1. The number of aryl methyl sites for hydroxylation is 1. The summed E-state index contributed by atoms with van der Waals surface area (Å²) in [5, 5.41) is 13.7. The number of alkyl halides is 3. The van der Waals surface area contributed by atoms with E-state index in [1.54, 1.807) is 17.0 Å². The van der Waals surface area contributed by atoms with Crippen molar-refractivity contribution >= 4 is 17.6 Å². The molecule has 43 heavy (non-hydrogen) atoms. The van der Waals surface area contributed by atoms with Crippen molar-refractivity contribution < 1.29 is 36.8 Å². The average molecular weight is 597 g/mol. The van der Waals surface area contributed by atoms with E-state index in [1.165, 1.54) is 23.1 Å². The molecule has 1 aliphatic rings. The van der Waals surface area contributed by atoms with Crippen LogP contribution in [0.3, 0.4) is 0 Å². The molecular weight excluding hydrogens is 568 g/mol. The highest BCUT2D eigenvalue weighted by Crippen LogP contribution is 2.32. The molecule has 1 aromatic heterocycles. The summed E-state index contributed by atoms with van der Waals surface area (Å²) in [6.07, 6.45) is -4.84. The number of nitrogens with zero attached hydrogens (tertiary/aromatic N) is 4. The Kier molecular flexibility index (Phi) is 8.47. The fourth-order valence-electron chi connectivity index (χ4n) is 4.98. The van der Waals surface area contributed by atoms with E-state index in [0.29, 0.717) is 29.9 Å². The number of halogens is 4. The number of carboxylic acid groups (broad SMARTS) is 1. The normalized spacial score (nSPS) is 14.5. The molecule has 1 fully saturated rings. The Hall–Kier alpha value is -4.74. The summed E-state index contributed by atoms with van der Waals surface area (Å²) in [6, 6.07) is 16.6. The molecule has 1 saturated heterocycles. The number of benzene rings is 3. The molecule has 1 aliphatic heterocycles. The molecule has 4 aromatic rings. The maximum atomic E-state index is 15.1. The standard InChI is InChI=1S/C31H28F4N4O4/c1-19-5-8-21(9-6-19)29-36-28(37-43-29)25-10-7-20(16-26(25)32)15-22(30(41)42)17-27(40)39-13-11-38(12-14-39)24-4-2-3-23(18-24)31(33,34)35/h2-10,16,18,22H,11-15,17H2,1H3,(H,41,42). The molecular formula is C31H28F4N4O4. The molecule has 3 aromatic carbocycles. The predicted octanol–water partition coefficient (Wildman–Crippen LogP) is 5.85. The predicted molar refractivity (Wildman–Crippen MR) is 150 cm³/mol. The van der Waals surface area contributed by atoms with Gasteiger partial charge in [0.05, 0.1) is 17.0 Å². The van der Waals surface area contributed by atoms with Crippen LogP contribution in [0.2, 0.25) is 0 Å². The lowest BCUT2D eigenvalue weighted by Crippen LogP contribution is -2.49. The maximum absolute atomic E-state index is 15.1. The lowest BCUT2D eigenvalue weighted by atomic mass is 9.94. The Bertz CT molecular complexity index is 1610. The van der Waals surface area contributed by atoms with E-state index in [1.807, 2.05) is 31.2 Å². The topological polar surface area (TPSA) is 99.8 Å². The minimum Gasteiger partial charge on any atom is -0.481 e. The van der Waals surface area contributed by atoms with Crippen molar-refractivity contribution in [1.82, 2.24) is 15.0 Å². The molecule has 8 nitrogen and oxygen atoms in total. The number of aromatic nitrogens is 2. The van der Waals surface area contributed by atoms with E-state index in [-0.39, 0.29) is 49.1 Å². The van der Waals surface area contributed by atoms with Crippen molar-refractivity contribution in [2.45, 2.75) is 25.9 Å². The van der Waals surface area contributed by atoms with Crippen molar-refractivity contribution in [3.05, 3.63) is 89.2 Å². The van der Waals surface area contributed by atoms with Crippen molar-refractivity contribution in [3.8, 4) is 22.8 Å². The lowest BCUT2D eigenvalue weighted by molar-refractivity contribution is -0.146. The number of piperazine rings is 1. The van der Waals surface area contributed by atoms with Crippen LogP contribution in [0, 0.1) is 18.7 Å². The van der Waals surface area contributed by atoms with Crippen molar-refractivity contribution in [2.24, 2.45) is 5.92 Å². The largest absolute Gasteiger partial charge is 0.481 e. The molecule has 0 bridgehead atoms. The van der Waals surface area contributed by atoms with Gasteiger partial charge in [0, 0.05) is 43.9 Å². The van der Waals surface area contributed by atoms with Crippen LogP contribution in [0.15, 0.2) is 71.3 Å². The summed E-state index contributed by atoms with van der Waals surface area (Å²) in [5.74, 6) is -3.05. The highest BCUT2D eigenvalue weighted by Gasteiger charge is 2.32. The Morgan fingerprint density at radius 3 is 2.37 bits per heavy atom. The first kappa shape index (κ1) is 29.7. The van der Waals surface area contributed by atoms with Gasteiger partial charge in [-0.05, 0) is 61.4 Å². The zero-order valence-corrected chi connectivity index (χ0v) is 23.1. The fourth-order valence-corrected chi connectivity index (χ4v) is 4.98. The summed E-state index contributed by atoms with van der Waals surface area (Å²) in [7, 11) is 0. The molecule has 0 saturated carbocycles. The van der Waals surface area contributed by atoms with Gasteiger partial charge in [-0.25, -0.2) is 4.39 Å². The Morgan fingerprint density at radius 2 is 1.72 bits per heavy atom. The molecule has 224 valence electrons. The summed E-state index contributed by atoms with van der Waals surface area (Å²) < 4.78 is 59.6. The first-order chi connectivity index (χ1) is 20.5. The minimum absolute atomic E-state index is 0.0499. The molecule has 0 aliphatic carbocycles. The van der Waals surface area contributed by atoms with Gasteiger partial charge in [0.2, 0.25) is 11.7 Å². The van der Waals surface area contributed by atoms with Gasteiger partial charge in [0.1, 0.15) is 5.82 Å². The Labute approximate surface area is 244 Å². The zero-order valence-electron chi connectivity index (χ0n) is 23.1. The van der Waals surface area contributed by atoms with Gasteiger partial charge in [-0.1, -0.05) is 35.0 Å². The van der Waals surface area contributed by atoms with Crippen LogP contribution in [-0.2, 0) is 22.2 Å². The first-order valence-corrected chi connectivity index (χ1v) is 13.6. The van der Waals surface area contributed by atoms with Crippen LogP contribution in [-0.4, -0.2) is 58.2 Å². The second-order valence-corrected chi connectivity index (χ2v) is 10.5. The molecule has 1 amide bonds. The summed E-state index contributed by atoms with van der Waals surface area (Å²) in [4.78, 5) is 32.5. The average Bonchev–Trinajstić information content (AvgIpc) is 3.47. The van der Waals surface area contributed by atoms with Gasteiger partial charge >= 0.3 is 12.1 Å². The van der Waals surface area contributed by atoms with E-state index < -0.39 is 29.4 Å². The second kappa shape index (κ2) is 12.2. The summed E-state index contributed by atoms with van der Waals surface area (Å²) in [6.45, 7) is 3.03. The van der Waals surface area contributed by atoms with Crippen LogP contribution >= 0.6 is 0 Å². The smallest absolute Gasteiger partial charge is 0.416 e. The van der Waals surface area contributed by atoms with E-state index in [4.69, 9.17) is 4.52 Å². The zero-order chi connectivity index (χ0) is 30.7. The number of amides is 1. The molecule has 0 spiro atoms. The highest BCUT2D eigenvalue weighted by molar-refractivity contribution is 5.82. The van der Waals surface area contributed by atoms with Crippen LogP contribution in [0.5, 0.6) is 0 Å². The van der Waals surface area contributed by atoms with E-state index in [0.717, 1.165) is 17.7 Å². The van der Waals surface area contributed by atoms with Gasteiger partial charge in [-0.15, -0.1) is 0 Å². The number of hydrogen-bond acceptors (Lipinski definition) is 6. The first-order valence-electron chi connectivity index (χ1n) is 13.6. The summed E-state index contributed by atoms with van der Waals surface area (Å²) in [5.41, 5.74) is 1.88. The van der Waals surface area contributed by atoms with E-state index in [2.05, 4.69) is 10.1 Å². The number of anilines is 1. The van der Waals surface area contributed by atoms with Gasteiger partial charge < -0.3 is 19.4 Å². The quantitative estimate of drug-likeness (QED) is 0.255. The van der Waals surface area contributed by atoms with Crippen molar-refractivity contribution in [2.75, 3.05) is 31.1 Å². The number of carbonyl (C=O) groups is 2. The Balaban J connectivity index is 1.20. The van der Waals surface area contributed by atoms with Gasteiger partial charge in [0.15, 0.2) is 0 Å². The number of carboxylic acids is 1. The van der Waals surface area contributed by atoms with Gasteiger partial charge in [-0.2, -0.15) is 18.2 Å². The molecule has 2 heterocycles.